The van der Waals surface area contributed by atoms with Crippen LogP contribution in [0.25, 0.3) is 0 Å². The molecule has 1 saturated heterocycles. The van der Waals surface area contributed by atoms with Crippen LogP contribution in [0.15, 0.2) is 0 Å². The highest BCUT2D eigenvalue weighted by molar-refractivity contribution is 5.95. The molecule has 0 aromatic rings. The molecule has 0 saturated carbocycles. The zero-order chi connectivity index (χ0) is 8.43. The van der Waals surface area contributed by atoms with Crippen LogP contribution >= 0.6 is 0 Å². The van der Waals surface area contributed by atoms with E-state index in [4.69, 9.17) is 10.2 Å². The normalized spacial score (nSPS) is 30.1. The van der Waals surface area contributed by atoms with Crippen LogP contribution in [0, 0.1) is 5.92 Å². The van der Waals surface area contributed by atoms with E-state index >= 15 is 0 Å². The molecule has 0 spiro atoms. The third-order valence-electron chi connectivity index (χ3n) is 1.57. The Hall–Kier alpha value is -1.10. The predicted octanol–water partition coefficient (Wildman–Crippen LogP) is -1.01. The van der Waals surface area contributed by atoms with Crippen LogP contribution in [0.2, 0.25) is 0 Å². The lowest BCUT2D eigenvalue weighted by atomic mass is 10.1. The number of carbonyl (C=O) groups is 2. The summed E-state index contributed by atoms with van der Waals surface area (Å²) < 4.78 is 4.51. The van der Waals surface area contributed by atoms with Gasteiger partial charge >= 0.3 is 11.9 Å². The van der Waals surface area contributed by atoms with Crippen molar-refractivity contribution in [3.8, 4) is 0 Å². The zero-order valence-electron chi connectivity index (χ0n) is 5.69. The second kappa shape index (κ2) is 2.87. The maximum absolute atomic E-state index is 10.7. The van der Waals surface area contributed by atoms with Crippen LogP contribution in [-0.2, 0) is 14.3 Å². The first-order valence-corrected chi connectivity index (χ1v) is 3.19. The summed E-state index contributed by atoms with van der Waals surface area (Å²) >= 11 is 0. The van der Waals surface area contributed by atoms with Crippen LogP contribution in [0.4, 0.5) is 0 Å². The lowest BCUT2D eigenvalue weighted by Crippen LogP contribution is -2.18. The van der Waals surface area contributed by atoms with Gasteiger partial charge in [0.2, 0.25) is 0 Å². The molecule has 0 aromatic heterocycles. The molecule has 0 radical (unpaired) electrons. The van der Waals surface area contributed by atoms with Crippen molar-refractivity contribution in [3.63, 3.8) is 0 Å². The molecule has 62 valence electrons. The van der Waals surface area contributed by atoms with Gasteiger partial charge in [0.1, 0.15) is 6.10 Å². The van der Waals surface area contributed by atoms with Gasteiger partial charge in [0, 0.05) is 6.42 Å². The standard InChI is InChI=1S/C6H8O5/c7-2-3-1-4(5(8)9)6(10)11-3/h3-4,7H,1-2H2,(H,8,9)/t3-,4?/m0/s1. The molecule has 2 N–H and O–H groups in total. The third kappa shape index (κ3) is 1.48. The van der Waals surface area contributed by atoms with Crippen LogP contribution in [-0.4, -0.2) is 34.9 Å². The molecule has 11 heavy (non-hydrogen) atoms. The molecule has 2 atom stereocenters. The van der Waals surface area contributed by atoms with Gasteiger partial charge in [0.15, 0.2) is 5.92 Å². The molecule has 5 nitrogen and oxygen atoms in total. The van der Waals surface area contributed by atoms with E-state index in [2.05, 4.69) is 4.74 Å². The fourth-order valence-corrected chi connectivity index (χ4v) is 0.967. The van der Waals surface area contributed by atoms with E-state index in [-0.39, 0.29) is 13.0 Å². The van der Waals surface area contributed by atoms with Crippen molar-refractivity contribution in [2.45, 2.75) is 12.5 Å². The number of rotatable bonds is 2. The lowest BCUT2D eigenvalue weighted by molar-refractivity contribution is -0.153. The first-order chi connectivity index (χ1) is 5.15. The second-order valence-corrected chi connectivity index (χ2v) is 2.37. The van der Waals surface area contributed by atoms with Crippen molar-refractivity contribution in [1.82, 2.24) is 0 Å². The number of carboxylic acids is 1. The van der Waals surface area contributed by atoms with Crippen molar-refractivity contribution < 1.29 is 24.5 Å². The van der Waals surface area contributed by atoms with Gasteiger partial charge in [0.05, 0.1) is 6.61 Å². The molecule has 0 aliphatic carbocycles. The molecule has 0 amide bonds. The van der Waals surface area contributed by atoms with E-state index in [1.165, 1.54) is 0 Å². The minimum atomic E-state index is -1.19. The number of cyclic esters (lactones) is 1. The van der Waals surface area contributed by atoms with E-state index in [1.54, 1.807) is 0 Å². The van der Waals surface area contributed by atoms with E-state index in [0.29, 0.717) is 0 Å². The molecule has 5 heteroatoms. The van der Waals surface area contributed by atoms with Crippen molar-refractivity contribution in [2.75, 3.05) is 6.61 Å². The van der Waals surface area contributed by atoms with Gasteiger partial charge in [-0.05, 0) is 0 Å². The predicted molar refractivity (Wildman–Crippen MR) is 32.7 cm³/mol. The van der Waals surface area contributed by atoms with E-state index in [0.717, 1.165) is 0 Å². The van der Waals surface area contributed by atoms with Gasteiger partial charge < -0.3 is 14.9 Å². The summed E-state index contributed by atoms with van der Waals surface area (Å²) in [7, 11) is 0. The van der Waals surface area contributed by atoms with Gasteiger partial charge in [-0.3, -0.25) is 9.59 Å². The highest BCUT2D eigenvalue weighted by Crippen LogP contribution is 2.20. The smallest absolute Gasteiger partial charge is 0.320 e. The first kappa shape index (κ1) is 8.00. The largest absolute Gasteiger partial charge is 0.481 e. The van der Waals surface area contributed by atoms with Gasteiger partial charge in [-0.15, -0.1) is 0 Å². The van der Waals surface area contributed by atoms with Crippen molar-refractivity contribution in [3.05, 3.63) is 0 Å². The Morgan fingerprint density at radius 1 is 1.73 bits per heavy atom. The maximum Gasteiger partial charge on any atom is 0.320 e. The molecule has 1 heterocycles. The van der Waals surface area contributed by atoms with E-state index in [1.807, 2.05) is 0 Å². The Bertz CT molecular complexity index is 187. The number of aliphatic carboxylic acids is 1. The SMILES string of the molecule is O=C(O)C1C[C@@H](CO)OC1=O. The number of aliphatic hydroxyl groups excluding tert-OH is 1. The van der Waals surface area contributed by atoms with Crippen LogP contribution < -0.4 is 0 Å². The molecular weight excluding hydrogens is 152 g/mol. The zero-order valence-corrected chi connectivity index (χ0v) is 5.69. The van der Waals surface area contributed by atoms with Crippen LogP contribution in [0.1, 0.15) is 6.42 Å². The monoisotopic (exact) mass is 160 g/mol. The van der Waals surface area contributed by atoms with Gasteiger partial charge in [0.25, 0.3) is 0 Å². The summed E-state index contributed by atoms with van der Waals surface area (Å²) in [4.78, 5) is 21.0. The fraction of sp³-hybridized carbons (Fsp3) is 0.667. The number of carbonyl (C=O) groups excluding carboxylic acids is 1. The molecule has 0 aromatic carbocycles. The lowest BCUT2D eigenvalue weighted by Gasteiger charge is -2.00. The Morgan fingerprint density at radius 3 is 2.64 bits per heavy atom. The molecular formula is C6H8O5. The highest BCUT2D eigenvalue weighted by Gasteiger charge is 2.39. The number of ether oxygens (including phenoxy) is 1. The van der Waals surface area contributed by atoms with Crippen molar-refractivity contribution in [2.24, 2.45) is 5.92 Å². The fourth-order valence-electron chi connectivity index (χ4n) is 0.967. The minimum Gasteiger partial charge on any atom is -0.481 e. The topological polar surface area (TPSA) is 83.8 Å². The average molecular weight is 160 g/mol. The summed E-state index contributed by atoms with van der Waals surface area (Å²) in [5, 5.41) is 16.9. The summed E-state index contributed by atoms with van der Waals surface area (Å²) in [5.41, 5.74) is 0. The third-order valence-corrected chi connectivity index (χ3v) is 1.57. The molecule has 1 fully saturated rings. The Balaban J connectivity index is 2.59. The second-order valence-electron chi connectivity index (χ2n) is 2.37. The number of hydrogen-bond acceptors (Lipinski definition) is 4. The summed E-state index contributed by atoms with van der Waals surface area (Å²) in [6, 6.07) is 0. The summed E-state index contributed by atoms with van der Waals surface area (Å²) in [6.45, 7) is -0.310. The average Bonchev–Trinajstić information content (AvgIpc) is 2.30. The molecule has 1 aliphatic heterocycles. The maximum atomic E-state index is 10.7. The molecule has 1 aliphatic rings. The van der Waals surface area contributed by atoms with E-state index in [9.17, 15) is 9.59 Å². The number of hydrogen-bond donors (Lipinski definition) is 2. The van der Waals surface area contributed by atoms with Gasteiger partial charge in [-0.2, -0.15) is 0 Å². The summed E-state index contributed by atoms with van der Waals surface area (Å²) in [5.74, 6) is -3.03. The van der Waals surface area contributed by atoms with Crippen LogP contribution in [0.3, 0.4) is 0 Å². The quantitative estimate of drug-likeness (QED) is 0.399. The first-order valence-electron chi connectivity index (χ1n) is 3.19. The molecule has 1 rings (SSSR count). The van der Waals surface area contributed by atoms with Gasteiger partial charge in [-0.1, -0.05) is 0 Å². The van der Waals surface area contributed by atoms with Crippen LogP contribution in [0.5, 0.6) is 0 Å². The molecule has 0 bridgehead atoms. The molecule has 1 unspecified atom stereocenters. The summed E-state index contributed by atoms with van der Waals surface area (Å²) in [6.07, 6.45) is -0.561. The number of aliphatic hydroxyl groups is 1. The van der Waals surface area contributed by atoms with Gasteiger partial charge in [-0.25, -0.2) is 0 Å². The van der Waals surface area contributed by atoms with Crippen molar-refractivity contribution in [1.29, 1.82) is 0 Å². The number of carboxylic acid groups (broad SMARTS) is 1. The Labute approximate surface area is 62.6 Å². The van der Waals surface area contributed by atoms with Crippen molar-refractivity contribution >= 4 is 11.9 Å². The van der Waals surface area contributed by atoms with E-state index < -0.39 is 24.0 Å². The minimum absolute atomic E-state index is 0.0741. The Kier molecular flexibility index (Phi) is 2.09. The highest BCUT2D eigenvalue weighted by atomic mass is 16.6. The Morgan fingerprint density at radius 2 is 2.36 bits per heavy atom. The number of esters is 1.